The summed E-state index contributed by atoms with van der Waals surface area (Å²) in [4.78, 5) is 4.22. The Bertz CT molecular complexity index is 960. The van der Waals surface area contributed by atoms with Crippen LogP contribution in [0.1, 0.15) is 0 Å². The van der Waals surface area contributed by atoms with Crippen LogP contribution in [0.25, 0.3) is 22.2 Å². The summed E-state index contributed by atoms with van der Waals surface area (Å²) >= 11 is 5.95. The van der Waals surface area contributed by atoms with Gasteiger partial charge in [-0.2, -0.15) is 5.10 Å². The number of nitrogens with zero attached hydrogens (tertiary/aromatic N) is 2. The molecule has 0 aliphatic heterocycles. The number of aromatic amines is 1. The van der Waals surface area contributed by atoms with Gasteiger partial charge in [0.05, 0.1) is 5.39 Å². The van der Waals surface area contributed by atoms with Gasteiger partial charge in [-0.25, -0.2) is 4.98 Å². The minimum atomic E-state index is 0.698. The molecule has 0 spiro atoms. The van der Waals surface area contributed by atoms with Crippen molar-refractivity contribution in [3.05, 3.63) is 71.9 Å². The Morgan fingerprint density at radius 1 is 0.913 bits per heavy atom. The maximum absolute atomic E-state index is 5.95. The number of benzene rings is 2. The standard InChI is InChI=1S/C18H13ClN4/c19-14-8-6-12(7-9-14)13-3-1-4-15(11-13)21-18-16-5-2-10-20-17(16)22-23-18/h1-11H,(H2,20,21,22,23). The summed E-state index contributed by atoms with van der Waals surface area (Å²) in [6.45, 7) is 0. The molecule has 5 heteroatoms. The molecule has 4 nitrogen and oxygen atoms in total. The molecule has 0 saturated carbocycles. The quantitative estimate of drug-likeness (QED) is 0.557. The zero-order valence-electron chi connectivity index (χ0n) is 12.1. The van der Waals surface area contributed by atoms with Gasteiger partial charge in [0.25, 0.3) is 0 Å². The summed E-state index contributed by atoms with van der Waals surface area (Å²) in [6.07, 6.45) is 1.73. The van der Waals surface area contributed by atoms with Crippen LogP contribution in [0, 0.1) is 0 Å². The van der Waals surface area contributed by atoms with E-state index in [-0.39, 0.29) is 0 Å². The Labute approximate surface area is 138 Å². The van der Waals surface area contributed by atoms with Crippen molar-refractivity contribution in [2.24, 2.45) is 0 Å². The smallest absolute Gasteiger partial charge is 0.183 e. The van der Waals surface area contributed by atoms with Gasteiger partial charge in [0.1, 0.15) is 5.82 Å². The van der Waals surface area contributed by atoms with Crippen LogP contribution < -0.4 is 5.32 Å². The first-order valence-electron chi connectivity index (χ1n) is 7.22. The molecule has 2 aromatic heterocycles. The van der Waals surface area contributed by atoms with E-state index in [1.54, 1.807) is 6.20 Å². The van der Waals surface area contributed by atoms with Gasteiger partial charge >= 0.3 is 0 Å². The molecule has 112 valence electrons. The van der Waals surface area contributed by atoms with Crippen LogP contribution in [0.15, 0.2) is 66.9 Å². The molecule has 0 amide bonds. The SMILES string of the molecule is Clc1ccc(-c2cccc(Nc3[nH]nc4ncccc34)c2)cc1. The van der Waals surface area contributed by atoms with Crippen molar-refractivity contribution in [2.45, 2.75) is 0 Å². The van der Waals surface area contributed by atoms with Crippen molar-refractivity contribution in [2.75, 3.05) is 5.32 Å². The highest BCUT2D eigenvalue weighted by Gasteiger charge is 2.06. The summed E-state index contributed by atoms with van der Waals surface area (Å²) in [7, 11) is 0. The average molecular weight is 321 g/mol. The lowest BCUT2D eigenvalue weighted by molar-refractivity contribution is 1.10. The van der Waals surface area contributed by atoms with Gasteiger partial charge < -0.3 is 5.32 Å². The molecule has 2 N–H and O–H groups in total. The molecule has 0 atom stereocenters. The first-order valence-corrected chi connectivity index (χ1v) is 7.59. The van der Waals surface area contributed by atoms with Gasteiger partial charge in [-0.3, -0.25) is 5.10 Å². The molecule has 4 rings (SSSR count). The fourth-order valence-corrected chi connectivity index (χ4v) is 2.63. The van der Waals surface area contributed by atoms with Crippen molar-refractivity contribution in [3.8, 4) is 11.1 Å². The molecular formula is C18H13ClN4. The van der Waals surface area contributed by atoms with Crippen LogP contribution in [0.4, 0.5) is 11.5 Å². The Hall–Kier alpha value is -2.85. The summed E-state index contributed by atoms with van der Waals surface area (Å²) in [6, 6.07) is 19.9. The van der Waals surface area contributed by atoms with E-state index in [1.807, 2.05) is 48.5 Å². The molecule has 0 unspecified atom stereocenters. The first-order chi connectivity index (χ1) is 11.3. The van der Waals surface area contributed by atoms with E-state index in [4.69, 9.17) is 11.6 Å². The monoisotopic (exact) mass is 320 g/mol. The molecule has 23 heavy (non-hydrogen) atoms. The van der Waals surface area contributed by atoms with Crippen LogP contribution in [0.3, 0.4) is 0 Å². The number of rotatable bonds is 3. The van der Waals surface area contributed by atoms with Gasteiger partial charge in [0.2, 0.25) is 0 Å². The van der Waals surface area contributed by atoms with E-state index < -0.39 is 0 Å². The van der Waals surface area contributed by atoms with Crippen LogP contribution >= 0.6 is 11.6 Å². The maximum Gasteiger partial charge on any atom is 0.183 e. The van der Waals surface area contributed by atoms with Crippen LogP contribution in [-0.2, 0) is 0 Å². The lowest BCUT2D eigenvalue weighted by Gasteiger charge is -2.07. The molecule has 0 bridgehead atoms. The molecule has 0 saturated heterocycles. The maximum atomic E-state index is 5.95. The van der Waals surface area contributed by atoms with E-state index in [0.717, 1.165) is 33.0 Å². The second-order valence-corrected chi connectivity index (χ2v) is 5.62. The largest absolute Gasteiger partial charge is 0.340 e. The molecule has 0 radical (unpaired) electrons. The molecule has 0 fully saturated rings. The van der Waals surface area contributed by atoms with Gasteiger partial charge in [-0.05, 0) is 47.5 Å². The van der Waals surface area contributed by atoms with E-state index in [9.17, 15) is 0 Å². The second kappa shape index (κ2) is 5.74. The summed E-state index contributed by atoms with van der Waals surface area (Å²) < 4.78 is 0. The molecule has 2 aromatic carbocycles. The fraction of sp³-hybridized carbons (Fsp3) is 0. The lowest BCUT2D eigenvalue weighted by Crippen LogP contribution is -1.91. The van der Waals surface area contributed by atoms with Gasteiger partial charge in [-0.15, -0.1) is 0 Å². The number of H-pyrrole nitrogens is 1. The van der Waals surface area contributed by atoms with Crippen molar-refractivity contribution in [1.29, 1.82) is 0 Å². The highest BCUT2D eigenvalue weighted by atomic mass is 35.5. The van der Waals surface area contributed by atoms with Crippen LogP contribution in [0.5, 0.6) is 0 Å². The van der Waals surface area contributed by atoms with Crippen LogP contribution in [-0.4, -0.2) is 15.2 Å². The minimum absolute atomic E-state index is 0.698. The fourth-order valence-electron chi connectivity index (χ4n) is 2.51. The van der Waals surface area contributed by atoms with Gasteiger partial charge in [0, 0.05) is 16.9 Å². The molecule has 0 aliphatic carbocycles. The van der Waals surface area contributed by atoms with Crippen molar-refractivity contribution >= 4 is 34.1 Å². The number of anilines is 2. The zero-order valence-corrected chi connectivity index (χ0v) is 12.9. The van der Waals surface area contributed by atoms with E-state index >= 15 is 0 Å². The normalized spacial score (nSPS) is 10.8. The summed E-state index contributed by atoms with van der Waals surface area (Å²) in [5, 5.41) is 12.2. The van der Waals surface area contributed by atoms with Crippen molar-refractivity contribution < 1.29 is 0 Å². The number of hydrogen-bond acceptors (Lipinski definition) is 3. The number of fused-ring (bicyclic) bond motifs is 1. The van der Waals surface area contributed by atoms with E-state index in [0.29, 0.717) is 5.65 Å². The average Bonchev–Trinajstić information content (AvgIpc) is 2.99. The van der Waals surface area contributed by atoms with Crippen LogP contribution in [0.2, 0.25) is 5.02 Å². The van der Waals surface area contributed by atoms with Gasteiger partial charge in [-0.1, -0.05) is 35.9 Å². The predicted molar refractivity (Wildman–Crippen MR) is 94.1 cm³/mol. The topological polar surface area (TPSA) is 53.6 Å². The third-order valence-electron chi connectivity index (χ3n) is 3.64. The highest BCUT2D eigenvalue weighted by molar-refractivity contribution is 6.30. The molecular weight excluding hydrogens is 308 g/mol. The predicted octanol–water partition coefficient (Wildman–Crippen LogP) is 5.02. The third kappa shape index (κ3) is 2.76. The number of aromatic nitrogens is 3. The summed E-state index contributed by atoms with van der Waals surface area (Å²) in [5.41, 5.74) is 3.92. The molecule has 4 aromatic rings. The van der Waals surface area contributed by atoms with E-state index in [1.165, 1.54) is 0 Å². The third-order valence-corrected chi connectivity index (χ3v) is 3.89. The Morgan fingerprint density at radius 2 is 1.78 bits per heavy atom. The summed E-state index contributed by atoms with van der Waals surface area (Å²) in [5.74, 6) is 0.835. The van der Waals surface area contributed by atoms with Crippen molar-refractivity contribution in [1.82, 2.24) is 15.2 Å². The number of hydrogen-bond donors (Lipinski definition) is 2. The highest BCUT2D eigenvalue weighted by Crippen LogP contribution is 2.27. The van der Waals surface area contributed by atoms with E-state index in [2.05, 4.69) is 32.6 Å². The molecule has 2 heterocycles. The zero-order chi connectivity index (χ0) is 15.6. The van der Waals surface area contributed by atoms with Gasteiger partial charge in [0.15, 0.2) is 5.65 Å². The number of nitrogens with one attached hydrogen (secondary N) is 2. The molecule has 0 aliphatic rings. The Balaban J connectivity index is 1.67. The van der Waals surface area contributed by atoms with Crippen molar-refractivity contribution in [3.63, 3.8) is 0 Å². The Kier molecular flexibility index (Phi) is 3.44. The number of halogens is 1. The minimum Gasteiger partial charge on any atom is -0.340 e. The number of pyridine rings is 1. The lowest BCUT2D eigenvalue weighted by atomic mass is 10.1. The Morgan fingerprint density at radius 3 is 2.65 bits per heavy atom. The first kappa shape index (κ1) is 13.8. The second-order valence-electron chi connectivity index (χ2n) is 5.19.